The Morgan fingerprint density at radius 3 is 2.57 bits per heavy atom. The van der Waals surface area contributed by atoms with E-state index in [2.05, 4.69) is 25.0 Å². The van der Waals surface area contributed by atoms with E-state index in [9.17, 15) is 8.42 Å². The summed E-state index contributed by atoms with van der Waals surface area (Å²) in [5.74, 6) is 0.578. The summed E-state index contributed by atoms with van der Waals surface area (Å²) in [6, 6.07) is 14.4. The highest BCUT2D eigenvalue weighted by atomic mass is 32.2. The molecule has 0 aliphatic rings. The van der Waals surface area contributed by atoms with Crippen molar-refractivity contribution in [1.29, 1.82) is 0 Å². The predicted octanol–water partition coefficient (Wildman–Crippen LogP) is 2.07. The van der Waals surface area contributed by atoms with E-state index in [4.69, 9.17) is 0 Å². The first-order valence-corrected chi connectivity index (χ1v) is 9.82. The summed E-state index contributed by atoms with van der Waals surface area (Å²) in [6.07, 6.45) is 3.38. The lowest BCUT2D eigenvalue weighted by Crippen LogP contribution is -2.28. The van der Waals surface area contributed by atoms with E-state index >= 15 is 0 Å². The number of hydrogen-bond acceptors (Lipinski definition) is 6. The van der Waals surface area contributed by atoms with Gasteiger partial charge < -0.3 is 0 Å². The molecule has 9 nitrogen and oxygen atoms in total. The third-order valence-electron chi connectivity index (χ3n) is 4.07. The van der Waals surface area contributed by atoms with Crippen molar-refractivity contribution >= 4 is 21.5 Å². The molecule has 10 heteroatoms. The van der Waals surface area contributed by atoms with Gasteiger partial charge in [0.05, 0.1) is 11.4 Å². The summed E-state index contributed by atoms with van der Waals surface area (Å²) in [5.41, 5.74) is 3.26. The number of anilines is 1. The van der Waals surface area contributed by atoms with Crippen molar-refractivity contribution in [3.05, 3.63) is 60.9 Å². The molecule has 0 aliphatic heterocycles. The van der Waals surface area contributed by atoms with Crippen LogP contribution in [0.5, 0.6) is 0 Å². The molecule has 0 saturated heterocycles. The summed E-state index contributed by atoms with van der Waals surface area (Å²) in [6.45, 7) is 0. The van der Waals surface area contributed by atoms with Crippen LogP contribution in [-0.2, 0) is 10.2 Å². The van der Waals surface area contributed by atoms with Crippen molar-refractivity contribution in [3.8, 4) is 22.6 Å². The van der Waals surface area contributed by atoms with Crippen LogP contribution in [0.3, 0.4) is 0 Å². The van der Waals surface area contributed by atoms with Gasteiger partial charge >= 0.3 is 10.2 Å². The third-order valence-corrected chi connectivity index (χ3v) is 5.52. The van der Waals surface area contributed by atoms with Crippen molar-refractivity contribution < 1.29 is 8.42 Å². The second kappa shape index (κ2) is 6.98. The van der Waals surface area contributed by atoms with Crippen LogP contribution < -0.4 is 4.72 Å². The summed E-state index contributed by atoms with van der Waals surface area (Å²) in [7, 11) is -0.656. The van der Waals surface area contributed by atoms with Crippen molar-refractivity contribution in [1.82, 2.24) is 29.1 Å². The first kappa shape index (κ1) is 18.0. The molecule has 0 atom stereocenters. The van der Waals surface area contributed by atoms with Crippen LogP contribution in [0.15, 0.2) is 60.9 Å². The van der Waals surface area contributed by atoms with Crippen LogP contribution in [0.1, 0.15) is 0 Å². The molecule has 1 N–H and O–H groups in total. The minimum atomic E-state index is -3.59. The maximum absolute atomic E-state index is 12.1. The molecular formula is C18H17N7O2S. The van der Waals surface area contributed by atoms with Crippen LogP contribution in [0.25, 0.3) is 28.3 Å². The Bertz CT molecular complexity index is 1240. The van der Waals surface area contributed by atoms with Crippen LogP contribution in [0.4, 0.5) is 5.69 Å². The smallest absolute Gasteiger partial charge is 0.271 e. The summed E-state index contributed by atoms with van der Waals surface area (Å²) in [4.78, 5) is 4.11. The van der Waals surface area contributed by atoms with Gasteiger partial charge in [-0.2, -0.15) is 22.3 Å². The predicted molar refractivity (Wildman–Crippen MR) is 106 cm³/mol. The average molecular weight is 395 g/mol. The minimum absolute atomic E-state index is 0.448. The quantitative estimate of drug-likeness (QED) is 0.555. The number of aromatic nitrogens is 5. The monoisotopic (exact) mass is 395 g/mol. The first-order valence-electron chi connectivity index (χ1n) is 8.37. The number of nitrogens with one attached hydrogen (secondary N) is 1. The van der Waals surface area contributed by atoms with E-state index in [0.29, 0.717) is 22.9 Å². The Hall–Kier alpha value is -3.37. The second-order valence-electron chi connectivity index (χ2n) is 6.22. The van der Waals surface area contributed by atoms with Gasteiger partial charge in [0.1, 0.15) is 0 Å². The molecule has 0 unspecified atom stereocenters. The van der Waals surface area contributed by atoms with Crippen LogP contribution in [0.2, 0.25) is 0 Å². The van der Waals surface area contributed by atoms with Gasteiger partial charge in [-0.25, -0.2) is 0 Å². The molecule has 1 aromatic carbocycles. The molecule has 4 rings (SSSR count). The second-order valence-corrected chi connectivity index (χ2v) is 8.11. The molecule has 142 valence electrons. The lowest BCUT2D eigenvalue weighted by Gasteiger charge is -2.14. The Labute approximate surface area is 161 Å². The van der Waals surface area contributed by atoms with Gasteiger partial charge in [-0.1, -0.05) is 12.1 Å². The highest BCUT2D eigenvalue weighted by Crippen LogP contribution is 2.23. The van der Waals surface area contributed by atoms with Crippen molar-refractivity contribution in [2.75, 3.05) is 18.8 Å². The molecule has 28 heavy (non-hydrogen) atoms. The number of pyridine rings is 1. The number of benzene rings is 1. The maximum atomic E-state index is 12.1. The summed E-state index contributed by atoms with van der Waals surface area (Å²) < 4.78 is 29.4. The fraction of sp³-hybridized carbons (Fsp3) is 0.111. The standard InChI is InChI=1S/C18H17N7O2S/c1-24(2)28(26,27)23-15-7-3-5-13(11-15)16-8-9-17-20-21-18(25(17)22-16)14-6-4-10-19-12-14/h3-12,23H,1-2H3. The zero-order valence-corrected chi connectivity index (χ0v) is 16.0. The molecular weight excluding hydrogens is 378 g/mol. The van der Waals surface area contributed by atoms with Gasteiger partial charge in [-0.05, 0) is 36.4 Å². The van der Waals surface area contributed by atoms with E-state index in [-0.39, 0.29) is 0 Å². The molecule has 0 saturated carbocycles. The van der Waals surface area contributed by atoms with E-state index < -0.39 is 10.2 Å². The Kier molecular flexibility index (Phi) is 4.49. The van der Waals surface area contributed by atoms with Crippen LogP contribution in [-0.4, -0.2) is 51.6 Å². The van der Waals surface area contributed by atoms with Crippen molar-refractivity contribution in [2.24, 2.45) is 0 Å². The first-order chi connectivity index (χ1) is 13.4. The highest BCUT2D eigenvalue weighted by molar-refractivity contribution is 7.90. The molecule has 3 aromatic heterocycles. The fourth-order valence-electron chi connectivity index (χ4n) is 2.60. The summed E-state index contributed by atoms with van der Waals surface area (Å²) >= 11 is 0. The molecule has 0 bridgehead atoms. The Morgan fingerprint density at radius 1 is 1.00 bits per heavy atom. The van der Waals surface area contributed by atoms with E-state index in [1.54, 1.807) is 35.1 Å². The van der Waals surface area contributed by atoms with E-state index in [1.807, 2.05) is 30.3 Å². The largest absolute Gasteiger partial charge is 0.301 e. The molecule has 4 aromatic rings. The molecule has 0 spiro atoms. The lowest BCUT2D eigenvalue weighted by molar-refractivity contribution is 0.527. The molecule has 0 radical (unpaired) electrons. The topological polar surface area (TPSA) is 105 Å². The average Bonchev–Trinajstić information content (AvgIpc) is 3.11. The van der Waals surface area contributed by atoms with Gasteiger partial charge in [0.25, 0.3) is 0 Å². The van der Waals surface area contributed by atoms with Crippen LogP contribution in [0, 0.1) is 0 Å². The Balaban J connectivity index is 1.75. The summed E-state index contributed by atoms with van der Waals surface area (Å²) in [5, 5.41) is 13.0. The van der Waals surface area contributed by atoms with E-state index in [1.165, 1.54) is 14.1 Å². The number of rotatable bonds is 5. The Morgan fingerprint density at radius 2 is 1.82 bits per heavy atom. The van der Waals surface area contributed by atoms with Crippen molar-refractivity contribution in [3.63, 3.8) is 0 Å². The number of hydrogen-bond donors (Lipinski definition) is 1. The SMILES string of the molecule is CN(C)S(=O)(=O)Nc1cccc(-c2ccc3nnc(-c4cccnc4)n3n2)c1. The molecule has 3 heterocycles. The van der Waals surface area contributed by atoms with Gasteiger partial charge in [-0.15, -0.1) is 10.2 Å². The lowest BCUT2D eigenvalue weighted by atomic mass is 10.1. The molecule has 0 aliphatic carbocycles. The number of nitrogens with zero attached hydrogens (tertiary/aromatic N) is 6. The van der Waals surface area contributed by atoms with Gasteiger partial charge in [0.15, 0.2) is 11.5 Å². The van der Waals surface area contributed by atoms with E-state index in [0.717, 1.165) is 15.4 Å². The zero-order valence-electron chi connectivity index (χ0n) is 15.2. The molecule has 0 amide bonds. The molecule has 0 fully saturated rings. The number of fused-ring (bicyclic) bond motifs is 1. The zero-order chi connectivity index (χ0) is 19.7. The fourth-order valence-corrected chi connectivity index (χ4v) is 3.21. The normalized spacial score (nSPS) is 11.8. The van der Waals surface area contributed by atoms with Gasteiger partial charge in [0, 0.05) is 37.6 Å². The van der Waals surface area contributed by atoms with Crippen LogP contribution >= 0.6 is 0 Å². The van der Waals surface area contributed by atoms with Crippen molar-refractivity contribution in [2.45, 2.75) is 0 Å². The van der Waals surface area contributed by atoms with Gasteiger partial charge in [0.2, 0.25) is 0 Å². The third kappa shape index (κ3) is 3.42. The maximum Gasteiger partial charge on any atom is 0.301 e. The minimum Gasteiger partial charge on any atom is -0.271 e. The van der Waals surface area contributed by atoms with Gasteiger partial charge in [-0.3, -0.25) is 9.71 Å². The highest BCUT2D eigenvalue weighted by Gasteiger charge is 2.14.